The fourth-order valence-electron chi connectivity index (χ4n) is 2.62. The summed E-state index contributed by atoms with van der Waals surface area (Å²) in [5.74, 6) is 0.425. The molecule has 0 spiro atoms. The summed E-state index contributed by atoms with van der Waals surface area (Å²) in [7, 11) is 1.76. The molecular weight excluding hydrogens is 314 g/mol. The number of hydrogen-bond acceptors (Lipinski definition) is 5. The molecule has 0 bridgehead atoms. The van der Waals surface area contributed by atoms with E-state index in [1.807, 2.05) is 0 Å². The fourth-order valence-corrected chi connectivity index (χ4v) is 3.40. The van der Waals surface area contributed by atoms with Gasteiger partial charge < -0.3 is 9.13 Å². The minimum Gasteiger partial charge on any atom is -0.347 e. The molecular formula is C15H19N5O2S. The number of carbonyl (C=O) groups is 2. The number of thioether (sulfide) groups is 1. The second-order valence-corrected chi connectivity index (χ2v) is 6.47. The highest BCUT2D eigenvalue weighted by molar-refractivity contribution is 7.99. The largest absolute Gasteiger partial charge is 0.347 e. The molecule has 23 heavy (non-hydrogen) atoms. The quantitative estimate of drug-likeness (QED) is 0.855. The molecule has 2 aromatic rings. The number of nitrogens with one attached hydrogen (secondary N) is 1. The normalized spacial score (nSPS) is 14.1. The van der Waals surface area contributed by atoms with E-state index < -0.39 is 0 Å². The summed E-state index contributed by atoms with van der Waals surface area (Å²) < 4.78 is 3.76. The molecule has 7 nitrogen and oxygen atoms in total. The summed E-state index contributed by atoms with van der Waals surface area (Å²) >= 11 is 1.32. The van der Waals surface area contributed by atoms with Crippen molar-refractivity contribution in [3.05, 3.63) is 29.8 Å². The smallest absolute Gasteiger partial charge is 0.274 e. The first-order valence-electron chi connectivity index (χ1n) is 7.65. The van der Waals surface area contributed by atoms with Crippen LogP contribution in [0.2, 0.25) is 0 Å². The van der Waals surface area contributed by atoms with Gasteiger partial charge in [-0.3, -0.25) is 14.9 Å². The van der Waals surface area contributed by atoms with Gasteiger partial charge in [0.1, 0.15) is 11.5 Å². The van der Waals surface area contributed by atoms with Crippen molar-refractivity contribution in [1.29, 1.82) is 0 Å². The van der Waals surface area contributed by atoms with Crippen LogP contribution in [0.3, 0.4) is 0 Å². The zero-order valence-electron chi connectivity index (χ0n) is 13.0. The van der Waals surface area contributed by atoms with Crippen LogP contribution in [0, 0.1) is 0 Å². The van der Waals surface area contributed by atoms with Gasteiger partial charge in [-0.05, 0) is 25.0 Å². The predicted octanol–water partition coefficient (Wildman–Crippen LogP) is 1.39. The van der Waals surface area contributed by atoms with E-state index in [1.54, 1.807) is 29.9 Å². The van der Waals surface area contributed by atoms with Crippen molar-refractivity contribution in [3.8, 4) is 0 Å². The number of rotatable bonds is 4. The van der Waals surface area contributed by atoms with Gasteiger partial charge in [0, 0.05) is 26.2 Å². The number of nitrogens with zero attached hydrogens (tertiary/aromatic N) is 4. The maximum Gasteiger partial charge on any atom is 0.274 e. The van der Waals surface area contributed by atoms with E-state index in [9.17, 15) is 9.59 Å². The summed E-state index contributed by atoms with van der Waals surface area (Å²) in [6, 6.07) is 3.44. The molecule has 0 fully saturated rings. The second kappa shape index (κ2) is 6.99. The Morgan fingerprint density at radius 1 is 1.30 bits per heavy atom. The molecule has 0 atom stereocenters. The van der Waals surface area contributed by atoms with Crippen molar-refractivity contribution in [3.63, 3.8) is 0 Å². The Kier molecular flexibility index (Phi) is 4.80. The summed E-state index contributed by atoms with van der Waals surface area (Å²) in [6.45, 7) is 0.897. The number of aryl methyl sites for hydroxylation is 2. The molecule has 0 aliphatic carbocycles. The zero-order chi connectivity index (χ0) is 16.2. The van der Waals surface area contributed by atoms with Gasteiger partial charge in [0.15, 0.2) is 5.16 Å². The molecule has 2 amide bonds. The Bertz CT molecular complexity index is 721. The van der Waals surface area contributed by atoms with Crippen LogP contribution in [-0.2, 0) is 24.8 Å². The highest BCUT2D eigenvalue weighted by atomic mass is 32.2. The van der Waals surface area contributed by atoms with Gasteiger partial charge in [0.05, 0.1) is 5.75 Å². The molecule has 8 heteroatoms. The molecule has 0 aromatic carbocycles. The van der Waals surface area contributed by atoms with Crippen LogP contribution in [-0.4, -0.2) is 36.9 Å². The molecule has 0 radical (unpaired) electrons. The molecule has 0 saturated heterocycles. The van der Waals surface area contributed by atoms with E-state index in [0.29, 0.717) is 5.69 Å². The molecule has 1 N–H and O–H groups in total. The fraction of sp³-hybridized carbons (Fsp3) is 0.467. The maximum atomic E-state index is 12.0. The van der Waals surface area contributed by atoms with Crippen LogP contribution in [0.15, 0.2) is 23.5 Å². The average molecular weight is 333 g/mol. The van der Waals surface area contributed by atoms with Gasteiger partial charge in [-0.25, -0.2) is 0 Å². The Morgan fingerprint density at radius 3 is 2.96 bits per heavy atom. The molecule has 2 aromatic heterocycles. The first kappa shape index (κ1) is 15.8. The van der Waals surface area contributed by atoms with Crippen molar-refractivity contribution in [1.82, 2.24) is 24.6 Å². The minimum absolute atomic E-state index is 0.147. The average Bonchev–Trinajstić information content (AvgIpc) is 3.04. The van der Waals surface area contributed by atoms with Crippen LogP contribution >= 0.6 is 11.8 Å². The maximum absolute atomic E-state index is 12.0. The molecule has 0 saturated carbocycles. The lowest BCUT2D eigenvalue weighted by Crippen LogP contribution is -2.33. The first-order chi connectivity index (χ1) is 11.1. The van der Waals surface area contributed by atoms with Gasteiger partial charge in [-0.15, -0.1) is 10.2 Å². The second-order valence-electron chi connectivity index (χ2n) is 5.53. The molecule has 0 unspecified atom stereocenters. The lowest BCUT2D eigenvalue weighted by Gasteiger charge is -2.07. The lowest BCUT2D eigenvalue weighted by molar-refractivity contribution is -0.117. The number of hydrogen-bond donors (Lipinski definition) is 1. The van der Waals surface area contributed by atoms with Crippen molar-refractivity contribution >= 4 is 23.6 Å². The molecule has 1 aliphatic rings. The summed E-state index contributed by atoms with van der Waals surface area (Å²) in [6.07, 6.45) is 6.13. The summed E-state index contributed by atoms with van der Waals surface area (Å²) in [5.41, 5.74) is 0.458. The van der Waals surface area contributed by atoms with Crippen LogP contribution in [0.5, 0.6) is 0 Å². The summed E-state index contributed by atoms with van der Waals surface area (Å²) in [4.78, 5) is 24.0. The van der Waals surface area contributed by atoms with Gasteiger partial charge in [-0.2, -0.15) is 0 Å². The Morgan fingerprint density at radius 2 is 2.17 bits per heavy atom. The number of fused-ring (bicyclic) bond motifs is 1. The van der Waals surface area contributed by atoms with Gasteiger partial charge in [-0.1, -0.05) is 18.2 Å². The molecule has 3 heterocycles. The highest BCUT2D eigenvalue weighted by Crippen LogP contribution is 2.21. The highest BCUT2D eigenvalue weighted by Gasteiger charge is 2.17. The van der Waals surface area contributed by atoms with Crippen LogP contribution in [0.1, 0.15) is 35.6 Å². The van der Waals surface area contributed by atoms with E-state index in [1.165, 1.54) is 18.2 Å². The number of aromatic nitrogens is 4. The van der Waals surface area contributed by atoms with Crippen LogP contribution in [0.25, 0.3) is 0 Å². The Hall–Kier alpha value is -2.09. The van der Waals surface area contributed by atoms with Crippen LogP contribution in [0.4, 0.5) is 0 Å². The topological polar surface area (TPSA) is 81.8 Å². The number of amides is 2. The Balaban J connectivity index is 1.56. The summed E-state index contributed by atoms with van der Waals surface area (Å²) in [5, 5.41) is 11.5. The third kappa shape index (κ3) is 3.64. The van der Waals surface area contributed by atoms with E-state index in [-0.39, 0.29) is 17.6 Å². The van der Waals surface area contributed by atoms with E-state index in [0.717, 1.165) is 36.8 Å². The monoisotopic (exact) mass is 333 g/mol. The SMILES string of the molecule is Cn1cccc1C(=O)NC(=O)CSc1nnc2n1CCCCC2. The number of carbonyl (C=O) groups excluding carboxylic acids is 2. The standard InChI is InChI=1S/C15H19N5O2S/c1-19-8-5-6-11(19)14(22)16-13(21)10-23-15-18-17-12-7-3-2-4-9-20(12)15/h5-6,8H,2-4,7,9-10H2,1H3,(H,16,21,22). The lowest BCUT2D eigenvalue weighted by atomic mass is 10.2. The third-order valence-electron chi connectivity index (χ3n) is 3.84. The van der Waals surface area contributed by atoms with Crippen molar-refractivity contribution < 1.29 is 9.59 Å². The molecule has 3 rings (SSSR count). The van der Waals surface area contributed by atoms with Crippen molar-refractivity contribution in [2.75, 3.05) is 5.75 Å². The zero-order valence-corrected chi connectivity index (χ0v) is 13.8. The van der Waals surface area contributed by atoms with Crippen molar-refractivity contribution in [2.45, 2.75) is 37.4 Å². The first-order valence-corrected chi connectivity index (χ1v) is 8.64. The number of imide groups is 1. The van der Waals surface area contributed by atoms with E-state index >= 15 is 0 Å². The minimum atomic E-state index is -0.386. The van der Waals surface area contributed by atoms with Gasteiger partial charge in [0.25, 0.3) is 5.91 Å². The van der Waals surface area contributed by atoms with E-state index in [4.69, 9.17) is 0 Å². The van der Waals surface area contributed by atoms with Crippen molar-refractivity contribution in [2.24, 2.45) is 7.05 Å². The predicted molar refractivity (Wildman–Crippen MR) is 86.2 cm³/mol. The van der Waals surface area contributed by atoms with E-state index in [2.05, 4.69) is 20.1 Å². The van der Waals surface area contributed by atoms with Crippen LogP contribution < -0.4 is 5.32 Å². The Labute approximate surface area is 138 Å². The molecule has 1 aliphatic heterocycles. The van der Waals surface area contributed by atoms with Gasteiger partial charge in [0.2, 0.25) is 5.91 Å². The van der Waals surface area contributed by atoms with Gasteiger partial charge >= 0.3 is 0 Å². The molecule has 122 valence electrons. The third-order valence-corrected chi connectivity index (χ3v) is 4.80.